The van der Waals surface area contributed by atoms with Gasteiger partial charge in [0.25, 0.3) is 0 Å². The summed E-state index contributed by atoms with van der Waals surface area (Å²) in [7, 11) is 2.01. The summed E-state index contributed by atoms with van der Waals surface area (Å²) < 4.78 is 1.98. The summed E-state index contributed by atoms with van der Waals surface area (Å²) in [5, 5.41) is 4.27. The summed E-state index contributed by atoms with van der Waals surface area (Å²) in [6, 6.07) is 0. The molecule has 1 saturated carbocycles. The van der Waals surface area contributed by atoms with Crippen molar-refractivity contribution < 1.29 is 0 Å². The molecule has 12 heavy (non-hydrogen) atoms. The lowest BCUT2D eigenvalue weighted by Crippen LogP contribution is -2.02. The average molecular weight is 163 g/mol. The van der Waals surface area contributed by atoms with E-state index in [-0.39, 0.29) is 0 Å². The summed E-state index contributed by atoms with van der Waals surface area (Å²) in [4.78, 5) is 0. The van der Waals surface area contributed by atoms with Crippen molar-refractivity contribution in [3.63, 3.8) is 0 Å². The van der Waals surface area contributed by atoms with Crippen LogP contribution in [0, 0.1) is 0 Å². The van der Waals surface area contributed by atoms with Crippen LogP contribution in [0.25, 0.3) is 0 Å². The van der Waals surface area contributed by atoms with Crippen molar-refractivity contribution in [1.82, 2.24) is 9.78 Å². The van der Waals surface area contributed by atoms with Gasteiger partial charge in [-0.15, -0.1) is 0 Å². The molecule has 2 N–H and O–H groups in total. The van der Waals surface area contributed by atoms with Gasteiger partial charge in [-0.2, -0.15) is 5.10 Å². The summed E-state index contributed by atoms with van der Waals surface area (Å²) in [5.41, 5.74) is 8.64. The highest BCUT2D eigenvalue weighted by Gasteiger charge is 2.41. The Bertz CT molecular complexity index is 309. The molecule has 2 aliphatic rings. The van der Waals surface area contributed by atoms with Gasteiger partial charge in [-0.05, 0) is 25.2 Å². The topological polar surface area (TPSA) is 43.8 Å². The zero-order valence-electron chi connectivity index (χ0n) is 7.25. The van der Waals surface area contributed by atoms with E-state index in [1.807, 2.05) is 11.7 Å². The van der Waals surface area contributed by atoms with Gasteiger partial charge in [-0.3, -0.25) is 4.68 Å². The average Bonchev–Trinajstić information content (AvgIpc) is 2.64. The Morgan fingerprint density at radius 2 is 2.17 bits per heavy atom. The molecule has 0 saturated heterocycles. The monoisotopic (exact) mass is 163 g/mol. The van der Waals surface area contributed by atoms with Crippen molar-refractivity contribution in [2.45, 2.75) is 31.1 Å². The first-order chi connectivity index (χ1) is 5.77. The van der Waals surface area contributed by atoms with Crippen LogP contribution < -0.4 is 5.73 Å². The second-order valence-electron chi connectivity index (χ2n) is 4.01. The number of aryl methyl sites for hydroxylation is 1. The molecule has 2 unspecified atom stereocenters. The summed E-state index contributed by atoms with van der Waals surface area (Å²) >= 11 is 0. The number of hydrogen-bond acceptors (Lipinski definition) is 2. The number of hydrogen-bond donors (Lipinski definition) is 1. The highest BCUT2D eigenvalue weighted by Crippen LogP contribution is 2.54. The zero-order valence-corrected chi connectivity index (χ0v) is 7.25. The van der Waals surface area contributed by atoms with Gasteiger partial charge in [0.15, 0.2) is 0 Å². The van der Waals surface area contributed by atoms with Crippen LogP contribution in [0.3, 0.4) is 0 Å². The minimum absolute atomic E-state index is 0.735. The first-order valence-corrected chi connectivity index (χ1v) is 4.59. The quantitative estimate of drug-likeness (QED) is 0.627. The van der Waals surface area contributed by atoms with Gasteiger partial charge in [0.05, 0.1) is 0 Å². The fourth-order valence-electron chi connectivity index (χ4n) is 2.97. The molecule has 0 radical (unpaired) electrons. The SMILES string of the molecule is Cn1nc(N)c2c1C1CCC2C1. The van der Waals surface area contributed by atoms with E-state index in [0.29, 0.717) is 0 Å². The first-order valence-electron chi connectivity index (χ1n) is 4.59. The van der Waals surface area contributed by atoms with E-state index < -0.39 is 0 Å². The summed E-state index contributed by atoms with van der Waals surface area (Å²) in [6.45, 7) is 0. The fourth-order valence-corrected chi connectivity index (χ4v) is 2.97. The predicted octanol–water partition coefficient (Wildman–Crippen LogP) is 1.37. The van der Waals surface area contributed by atoms with Gasteiger partial charge < -0.3 is 5.73 Å². The van der Waals surface area contributed by atoms with Gasteiger partial charge in [0.1, 0.15) is 5.82 Å². The van der Waals surface area contributed by atoms with E-state index in [1.54, 1.807) is 0 Å². The lowest BCUT2D eigenvalue weighted by atomic mass is 9.97. The van der Waals surface area contributed by atoms with E-state index in [2.05, 4.69) is 5.10 Å². The molecule has 2 aliphatic carbocycles. The molecule has 1 aromatic heterocycles. The maximum absolute atomic E-state index is 5.85. The van der Waals surface area contributed by atoms with Gasteiger partial charge in [0, 0.05) is 24.2 Å². The fraction of sp³-hybridized carbons (Fsp3) is 0.667. The van der Waals surface area contributed by atoms with E-state index in [0.717, 1.165) is 17.7 Å². The molecule has 0 amide bonds. The van der Waals surface area contributed by atoms with Crippen molar-refractivity contribution in [2.75, 3.05) is 5.73 Å². The Morgan fingerprint density at radius 3 is 2.92 bits per heavy atom. The number of fused-ring (bicyclic) bond motifs is 5. The number of nitrogens with zero attached hydrogens (tertiary/aromatic N) is 2. The summed E-state index contributed by atoms with van der Waals surface area (Å²) in [5.74, 6) is 2.28. The second kappa shape index (κ2) is 1.84. The van der Waals surface area contributed by atoms with Crippen molar-refractivity contribution in [1.29, 1.82) is 0 Å². The Hall–Kier alpha value is -0.990. The highest BCUT2D eigenvalue weighted by atomic mass is 15.3. The Morgan fingerprint density at radius 1 is 1.42 bits per heavy atom. The van der Waals surface area contributed by atoms with Crippen LogP contribution in [-0.4, -0.2) is 9.78 Å². The number of rotatable bonds is 0. The molecule has 1 fully saturated rings. The molecule has 2 bridgehead atoms. The van der Waals surface area contributed by atoms with E-state index in [9.17, 15) is 0 Å². The highest BCUT2D eigenvalue weighted by molar-refractivity contribution is 5.51. The van der Waals surface area contributed by atoms with Gasteiger partial charge in [-0.25, -0.2) is 0 Å². The number of anilines is 1. The third kappa shape index (κ3) is 0.564. The molecule has 0 aliphatic heterocycles. The van der Waals surface area contributed by atoms with Gasteiger partial charge in [-0.1, -0.05) is 0 Å². The third-order valence-electron chi connectivity index (χ3n) is 3.39. The minimum atomic E-state index is 0.735. The van der Waals surface area contributed by atoms with Crippen LogP contribution in [0.4, 0.5) is 5.82 Å². The van der Waals surface area contributed by atoms with Crippen molar-refractivity contribution in [2.24, 2.45) is 7.05 Å². The van der Waals surface area contributed by atoms with Crippen LogP contribution in [0.1, 0.15) is 42.4 Å². The standard InChI is InChI=1S/C9H13N3/c1-12-8-6-3-2-5(4-6)7(8)9(10)11-12/h5-6H,2-4H2,1H3,(H2,10,11). The lowest BCUT2D eigenvalue weighted by molar-refractivity contribution is 0.626. The molecule has 1 aromatic rings. The molecule has 3 nitrogen and oxygen atoms in total. The minimum Gasteiger partial charge on any atom is -0.382 e. The van der Waals surface area contributed by atoms with E-state index in [1.165, 1.54) is 30.5 Å². The molecule has 2 atom stereocenters. The van der Waals surface area contributed by atoms with Crippen LogP contribution in [0.5, 0.6) is 0 Å². The molecule has 1 heterocycles. The molecular weight excluding hydrogens is 150 g/mol. The zero-order chi connectivity index (χ0) is 8.29. The largest absolute Gasteiger partial charge is 0.382 e. The molecule has 3 rings (SSSR count). The smallest absolute Gasteiger partial charge is 0.149 e. The third-order valence-corrected chi connectivity index (χ3v) is 3.39. The molecular formula is C9H13N3. The van der Waals surface area contributed by atoms with Crippen molar-refractivity contribution >= 4 is 5.82 Å². The normalized spacial score (nSPS) is 31.1. The Balaban J connectivity index is 2.28. The number of nitrogen functional groups attached to an aromatic ring is 1. The maximum Gasteiger partial charge on any atom is 0.149 e. The van der Waals surface area contributed by atoms with Crippen LogP contribution in [-0.2, 0) is 7.05 Å². The molecule has 0 spiro atoms. The van der Waals surface area contributed by atoms with Crippen LogP contribution in [0.2, 0.25) is 0 Å². The summed E-state index contributed by atoms with van der Waals surface area (Å²) in [6.07, 6.45) is 4.00. The number of aromatic nitrogens is 2. The van der Waals surface area contributed by atoms with Crippen LogP contribution in [0.15, 0.2) is 0 Å². The maximum atomic E-state index is 5.85. The Labute approximate surface area is 71.6 Å². The number of nitrogens with two attached hydrogens (primary N) is 1. The molecule has 0 aromatic carbocycles. The van der Waals surface area contributed by atoms with Crippen molar-refractivity contribution in [3.05, 3.63) is 11.3 Å². The van der Waals surface area contributed by atoms with Gasteiger partial charge >= 0.3 is 0 Å². The second-order valence-corrected chi connectivity index (χ2v) is 4.01. The van der Waals surface area contributed by atoms with Gasteiger partial charge in [0.2, 0.25) is 0 Å². The Kier molecular flexibility index (Phi) is 1.000. The van der Waals surface area contributed by atoms with Crippen LogP contribution >= 0.6 is 0 Å². The van der Waals surface area contributed by atoms with Crippen molar-refractivity contribution in [3.8, 4) is 0 Å². The molecule has 64 valence electrons. The first kappa shape index (κ1) is 6.52. The van der Waals surface area contributed by atoms with E-state index >= 15 is 0 Å². The lowest BCUT2D eigenvalue weighted by Gasteiger charge is -2.10. The van der Waals surface area contributed by atoms with E-state index in [4.69, 9.17) is 5.73 Å². The predicted molar refractivity (Wildman–Crippen MR) is 47.0 cm³/mol. The molecule has 3 heteroatoms.